The molecule has 2 aromatic rings. The molecule has 3 rings (SSSR count). The summed E-state index contributed by atoms with van der Waals surface area (Å²) in [6.07, 6.45) is 2.70. The minimum Gasteiger partial charge on any atom is -0.355 e. The SMILES string of the molecule is CC[C@H](C)NC(=O)C1CCN(c2ccc(-c3ccccc3)nn2)CC1. The van der Waals surface area contributed by atoms with Gasteiger partial charge in [0.1, 0.15) is 0 Å². The molecular formula is C20H26N4O. The molecule has 1 N–H and O–H groups in total. The molecule has 1 fully saturated rings. The predicted molar refractivity (Wildman–Crippen MR) is 100 cm³/mol. The van der Waals surface area contributed by atoms with Crippen LogP contribution in [0.25, 0.3) is 11.3 Å². The van der Waals surface area contributed by atoms with Crippen molar-refractivity contribution in [3.8, 4) is 11.3 Å². The lowest BCUT2D eigenvalue weighted by Crippen LogP contribution is -2.43. The van der Waals surface area contributed by atoms with Crippen molar-refractivity contribution in [1.82, 2.24) is 15.5 Å². The van der Waals surface area contributed by atoms with Gasteiger partial charge in [-0.25, -0.2) is 0 Å². The van der Waals surface area contributed by atoms with Crippen molar-refractivity contribution in [2.24, 2.45) is 5.92 Å². The van der Waals surface area contributed by atoms with Crippen molar-refractivity contribution < 1.29 is 4.79 Å². The van der Waals surface area contributed by atoms with E-state index in [0.717, 1.165) is 49.4 Å². The Morgan fingerprint density at radius 1 is 1.16 bits per heavy atom. The molecule has 0 spiro atoms. The van der Waals surface area contributed by atoms with E-state index < -0.39 is 0 Å². The molecule has 1 atom stereocenters. The second kappa shape index (κ2) is 8.10. The molecule has 0 unspecified atom stereocenters. The number of hydrogen-bond acceptors (Lipinski definition) is 4. The highest BCUT2D eigenvalue weighted by molar-refractivity contribution is 5.79. The molecule has 1 aliphatic rings. The summed E-state index contributed by atoms with van der Waals surface area (Å²) in [5, 5.41) is 11.8. The van der Waals surface area contributed by atoms with Gasteiger partial charge in [0.15, 0.2) is 5.82 Å². The van der Waals surface area contributed by atoms with Crippen LogP contribution >= 0.6 is 0 Å². The number of amides is 1. The summed E-state index contributed by atoms with van der Waals surface area (Å²) in [5.41, 5.74) is 1.95. The van der Waals surface area contributed by atoms with Gasteiger partial charge >= 0.3 is 0 Å². The minimum absolute atomic E-state index is 0.113. The Morgan fingerprint density at radius 2 is 1.88 bits per heavy atom. The third kappa shape index (κ3) is 4.35. The van der Waals surface area contributed by atoms with Crippen molar-refractivity contribution >= 4 is 11.7 Å². The predicted octanol–water partition coefficient (Wildman–Crippen LogP) is 3.27. The largest absolute Gasteiger partial charge is 0.355 e. The number of benzene rings is 1. The summed E-state index contributed by atoms with van der Waals surface area (Å²) in [4.78, 5) is 14.5. The van der Waals surface area contributed by atoms with Gasteiger partial charge in [-0.2, -0.15) is 0 Å². The van der Waals surface area contributed by atoms with Gasteiger partial charge in [-0.05, 0) is 38.3 Å². The molecular weight excluding hydrogens is 312 g/mol. The zero-order valence-electron chi connectivity index (χ0n) is 15.0. The van der Waals surface area contributed by atoms with Gasteiger partial charge in [-0.3, -0.25) is 4.79 Å². The van der Waals surface area contributed by atoms with E-state index in [1.807, 2.05) is 42.5 Å². The number of carbonyl (C=O) groups excluding carboxylic acids is 1. The summed E-state index contributed by atoms with van der Waals surface area (Å²) < 4.78 is 0. The van der Waals surface area contributed by atoms with E-state index in [4.69, 9.17) is 0 Å². The lowest BCUT2D eigenvalue weighted by atomic mass is 9.95. The van der Waals surface area contributed by atoms with Gasteiger partial charge in [-0.15, -0.1) is 10.2 Å². The average Bonchev–Trinajstić information content (AvgIpc) is 2.69. The monoisotopic (exact) mass is 338 g/mol. The maximum Gasteiger partial charge on any atom is 0.223 e. The Bertz CT molecular complexity index is 679. The van der Waals surface area contributed by atoms with Crippen molar-refractivity contribution in [2.45, 2.75) is 39.2 Å². The highest BCUT2D eigenvalue weighted by Gasteiger charge is 2.26. The molecule has 5 nitrogen and oxygen atoms in total. The number of anilines is 1. The zero-order chi connectivity index (χ0) is 17.6. The molecule has 1 amide bonds. The second-order valence-electron chi connectivity index (χ2n) is 6.72. The molecule has 5 heteroatoms. The maximum absolute atomic E-state index is 12.3. The van der Waals surface area contributed by atoms with Crippen LogP contribution in [0.2, 0.25) is 0 Å². The first-order valence-electron chi connectivity index (χ1n) is 9.12. The number of rotatable bonds is 5. The fraction of sp³-hybridized carbons (Fsp3) is 0.450. The first kappa shape index (κ1) is 17.4. The average molecular weight is 338 g/mol. The van der Waals surface area contributed by atoms with Crippen LogP contribution in [0.1, 0.15) is 33.1 Å². The first-order chi connectivity index (χ1) is 12.2. The maximum atomic E-state index is 12.3. The third-order valence-corrected chi connectivity index (χ3v) is 4.91. The van der Waals surface area contributed by atoms with Gasteiger partial charge in [0.25, 0.3) is 0 Å². The molecule has 1 aliphatic heterocycles. The molecule has 1 saturated heterocycles. The van der Waals surface area contributed by atoms with Crippen LogP contribution in [0.15, 0.2) is 42.5 Å². The van der Waals surface area contributed by atoms with Crippen molar-refractivity contribution in [3.05, 3.63) is 42.5 Å². The molecule has 0 aliphatic carbocycles. The van der Waals surface area contributed by atoms with Crippen LogP contribution in [-0.2, 0) is 4.79 Å². The topological polar surface area (TPSA) is 58.1 Å². The van der Waals surface area contributed by atoms with Crippen LogP contribution in [-0.4, -0.2) is 35.2 Å². The number of hydrogen-bond donors (Lipinski definition) is 1. The smallest absolute Gasteiger partial charge is 0.223 e. The molecule has 0 saturated carbocycles. The van der Waals surface area contributed by atoms with Crippen molar-refractivity contribution in [3.63, 3.8) is 0 Å². The van der Waals surface area contributed by atoms with Gasteiger partial charge in [0, 0.05) is 30.6 Å². The van der Waals surface area contributed by atoms with Gasteiger partial charge in [0.2, 0.25) is 5.91 Å². The van der Waals surface area contributed by atoms with E-state index in [9.17, 15) is 4.79 Å². The van der Waals surface area contributed by atoms with Crippen LogP contribution in [0, 0.1) is 5.92 Å². The Balaban J connectivity index is 1.57. The van der Waals surface area contributed by atoms with E-state index >= 15 is 0 Å². The van der Waals surface area contributed by atoms with Gasteiger partial charge in [0.05, 0.1) is 5.69 Å². The van der Waals surface area contributed by atoms with Crippen molar-refractivity contribution in [2.75, 3.05) is 18.0 Å². The minimum atomic E-state index is 0.113. The number of carbonyl (C=O) groups is 1. The Morgan fingerprint density at radius 3 is 2.48 bits per heavy atom. The summed E-state index contributed by atoms with van der Waals surface area (Å²) in [7, 11) is 0. The summed E-state index contributed by atoms with van der Waals surface area (Å²) in [6.45, 7) is 5.83. The van der Waals surface area contributed by atoms with E-state index in [1.165, 1.54) is 0 Å². The molecule has 1 aromatic carbocycles. The lowest BCUT2D eigenvalue weighted by molar-refractivity contribution is -0.126. The quantitative estimate of drug-likeness (QED) is 0.909. The molecule has 132 valence electrons. The Hall–Kier alpha value is -2.43. The Kier molecular flexibility index (Phi) is 5.64. The van der Waals surface area contributed by atoms with E-state index in [-0.39, 0.29) is 17.9 Å². The first-order valence-corrected chi connectivity index (χ1v) is 9.12. The summed E-state index contributed by atoms with van der Waals surface area (Å²) in [5.74, 6) is 1.20. The van der Waals surface area contributed by atoms with Gasteiger partial charge in [-0.1, -0.05) is 37.3 Å². The molecule has 0 radical (unpaired) electrons. The van der Waals surface area contributed by atoms with Crippen LogP contribution in [0.4, 0.5) is 5.82 Å². The van der Waals surface area contributed by atoms with Gasteiger partial charge < -0.3 is 10.2 Å². The molecule has 0 bridgehead atoms. The Labute approximate surface area is 149 Å². The number of piperidine rings is 1. The molecule has 2 heterocycles. The summed E-state index contributed by atoms with van der Waals surface area (Å²) >= 11 is 0. The van der Waals surface area contributed by atoms with Crippen LogP contribution in [0.3, 0.4) is 0 Å². The fourth-order valence-electron chi connectivity index (χ4n) is 3.09. The second-order valence-corrected chi connectivity index (χ2v) is 6.72. The zero-order valence-corrected chi connectivity index (χ0v) is 15.0. The fourth-order valence-corrected chi connectivity index (χ4v) is 3.09. The normalized spacial score (nSPS) is 16.5. The lowest BCUT2D eigenvalue weighted by Gasteiger charge is -2.32. The van der Waals surface area contributed by atoms with Crippen molar-refractivity contribution in [1.29, 1.82) is 0 Å². The van der Waals surface area contributed by atoms with Crippen LogP contribution in [0.5, 0.6) is 0 Å². The highest BCUT2D eigenvalue weighted by atomic mass is 16.1. The number of nitrogens with one attached hydrogen (secondary N) is 1. The highest BCUT2D eigenvalue weighted by Crippen LogP contribution is 2.23. The number of aromatic nitrogens is 2. The standard InChI is InChI=1S/C20H26N4O/c1-3-15(2)21-20(25)17-11-13-24(14-12-17)19-10-9-18(22-23-19)16-7-5-4-6-8-16/h4-10,15,17H,3,11-14H2,1-2H3,(H,21,25)/t15-/m0/s1. The van der Waals surface area contributed by atoms with E-state index in [2.05, 4.69) is 34.3 Å². The molecule has 25 heavy (non-hydrogen) atoms. The van der Waals surface area contributed by atoms with E-state index in [0.29, 0.717) is 0 Å². The van der Waals surface area contributed by atoms with Crippen LogP contribution < -0.4 is 10.2 Å². The third-order valence-electron chi connectivity index (χ3n) is 4.91. The van der Waals surface area contributed by atoms with E-state index in [1.54, 1.807) is 0 Å². The summed E-state index contributed by atoms with van der Waals surface area (Å²) in [6, 6.07) is 14.3. The molecule has 1 aromatic heterocycles. The number of nitrogens with zero attached hydrogens (tertiary/aromatic N) is 3.